The van der Waals surface area contributed by atoms with E-state index in [0.29, 0.717) is 22.7 Å². The number of rotatable bonds is 2. The lowest BCUT2D eigenvalue weighted by molar-refractivity contribution is 0.584. The Balaban J connectivity index is 2.28. The monoisotopic (exact) mass is 235 g/mol. The molecular weight excluding hydrogens is 224 g/mol. The van der Waals surface area contributed by atoms with Crippen molar-refractivity contribution in [3.05, 3.63) is 48.0 Å². The maximum Gasteiger partial charge on any atom is 0.128 e. The quantitative estimate of drug-likeness (QED) is 0.701. The van der Waals surface area contributed by atoms with Crippen LogP contribution in [0.5, 0.6) is 0 Å². The molecule has 0 aliphatic carbocycles. The number of nitrogen functional groups attached to an aromatic ring is 2. The van der Waals surface area contributed by atoms with Crippen LogP contribution in [0.2, 0.25) is 0 Å². The molecule has 5 heteroatoms. The summed E-state index contributed by atoms with van der Waals surface area (Å²) in [7, 11) is 0. The second-order valence-electron chi connectivity index (χ2n) is 3.63. The summed E-state index contributed by atoms with van der Waals surface area (Å²) in [6.07, 6.45) is 0. The lowest BCUT2D eigenvalue weighted by Crippen LogP contribution is -1.97. The van der Waals surface area contributed by atoms with Gasteiger partial charge in [0.25, 0.3) is 0 Å². The number of hydrogen-bond acceptors (Lipinski definition) is 3. The molecule has 0 saturated carbocycles. The summed E-state index contributed by atoms with van der Waals surface area (Å²) in [6.45, 7) is 0. The van der Waals surface area contributed by atoms with Crippen LogP contribution in [-0.2, 0) is 0 Å². The molecule has 0 heterocycles. The number of hydrogen-bond donors (Lipinski definition) is 3. The fourth-order valence-corrected chi connectivity index (χ4v) is 1.45. The number of nitrogens with two attached hydrogens (primary N) is 2. The van der Waals surface area contributed by atoms with Gasteiger partial charge < -0.3 is 16.8 Å². The van der Waals surface area contributed by atoms with Gasteiger partial charge in [-0.25, -0.2) is 8.78 Å². The van der Waals surface area contributed by atoms with Crippen molar-refractivity contribution in [1.82, 2.24) is 0 Å². The zero-order valence-electron chi connectivity index (χ0n) is 8.87. The van der Waals surface area contributed by atoms with Gasteiger partial charge in [0.15, 0.2) is 0 Å². The van der Waals surface area contributed by atoms with E-state index in [1.54, 1.807) is 18.2 Å². The highest BCUT2D eigenvalue weighted by Crippen LogP contribution is 2.23. The molecule has 0 fully saturated rings. The molecule has 0 bridgehead atoms. The Morgan fingerprint density at radius 3 is 2.00 bits per heavy atom. The smallest absolute Gasteiger partial charge is 0.128 e. The first kappa shape index (κ1) is 11.2. The molecule has 88 valence electrons. The van der Waals surface area contributed by atoms with Crippen LogP contribution in [0.15, 0.2) is 36.4 Å². The normalized spacial score (nSPS) is 10.2. The van der Waals surface area contributed by atoms with E-state index in [0.717, 1.165) is 6.07 Å². The predicted octanol–water partition coefficient (Wildman–Crippen LogP) is 2.87. The molecule has 0 saturated heterocycles. The summed E-state index contributed by atoms with van der Waals surface area (Å²) in [6, 6.07) is 8.08. The minimum atomic E-state index is -0.643. The van der Waals surface area contributed by atoms with E-state index in [2.05, 4.69) is 5.32 Å². The van der Waals surface area contributed by atoms with Crippen LogP contribution in [0.1, 0.15) is 0 Å². The highest BCUT2D eigenvalue weighted by atomic mass is 19.1. The van der Waals surface area contributed by atoms with Gasteiger partial charge in [-0.15, -0.1) is 0 Å². The summed E-state index contributed by atoms with van der Waals surface area (Å²) in [5.74, 6) is -1.29. The van der Waals surface area contributed by atoms with E-state index in [9.17, 15) is 8.78 Å². The Hall–Kier alpha value is -2.30. The maximum atomic E-state index is 12.9. The summed E-state index contributed by atoms with van der Waals surface area (Å²) < 4.78 is 25.9. The SMILES string of the molecule is Nc1ccc(Nc2cc(F)cc(F)c2)cc1N. The third-order valence-electron chi connectivity index (χ3n) is 2.24. The van der Waals surface area contributed by atoms with Crippen molar-refractivity contribution in [3.8, 4) is 0 Å². The predicted molar refractivity (Wildman–Crippen MR) is 64.9 cm³/mol. The third-order valence-corrected chi connectivity index (χ3v) is 2.24. The maximum absolute atomic E-state index is 12.9. The van der Waals surface area contributed by atoms with E-state index in [1.807, 2.05) is 0 Å². The molecule has 17 heavy (non-hydrogen) atoms. The Kier molecular flexibility index (Phi) is 2.82. The molecular formula is C12H11F2N3. The Labute approximate surface area is 97.0 Å². The van der Waals surface area contributed by atoms with E-state index < -0.39 is 11.6 Å². The van der Waals surface area contributed by atoms with Crippen molar-refractivity contribution in [3.63, 3.8) is 0 Å². The average molecular weight is 235 g/mol. The number of halogens is 2. The van der Waals surface area contributed by atoms with Crippen LogP contribution in [0.25, 0.3) is 0 Å². The standard InChI is InChI=1S/C12H11F2N3/c13-7-3-8(14)5-10(4-7)17-9-1-2-11(15)12(16)6-9/h1-6,17H,15-16H2. The zero-order valence-corrected chi connectivity index (χ0v) is 8.87. The van der Waals surface area contributed by atoms with Gasteiger partial charge in [0.05, 0.1) is 11.4 Å². The molecule has 3 nitrogen and oxygen atoms in total. The first-order valence-electron chi connectivity index (χ1n) is 4.93. The minimum absolute atomic E-state index is 0.312. The van der Waals surface area contributed by atoms with E-state index in [1.165, 1.54) is 12.1 Å². The summed E-state index contributed by atoms with van der Waals surface area (Å²) in [5.41, 5.74) is 13.0. The first-order valence-corrected chi connectivity index (χ1v) is 4.93. The largest absolute Gasteiger partial charge is 0.397 e. The van der Waals surface area contributed by atoms with E-state index in [4.69, 9.17) is 11.5 Å². The lowest BCUT2D eigenvalue weighted by atomic mass is 10.2. The summed E-state index contributed by atoms with van der Waals surface area (Å²) >= 11 is 0. The Morgan fingerprint density at radius 2 is 1.41 bits per heavy atom. The molecule has 0 aliphatic heterocycles. The van der Waals surface area contributed by atoms with Crippen molar-refractivity contribution < 1.29 is 8.78 Å². The van der Waals surface area contributed by atoms with Gasteiger partial charge in [0, 0.05) is 17.4 Å². The lowest BCUT2D eigenvalue weighted by Gasteiger charge is -2.08. The van der Waals surface area contributed by atoms with Crippen LogP contribution in [-0.4, -0.2) is 0 Å². The van der Waals surface area contributed by atoms with Crippen LogP contribution < -0.4 is 16.8 Å². The highest BCUT2D eigenvalue weighted by Gasteiger charge is 2.02. The number of benzene rings is 2. The Bertz CT molecular complexity index is 535. The molecule has 0 radical (unpaired) electrons. The van der Waals surface area contributed by atoms with Gasteiger partial charge in [-0.2, -0.15) is 0 Å². The molecule has 0 aliphatic rings. The van der Waals surface area contributed by atoms with Crippen molar-refractivity contribution in [1.29, 1.82) is 0 Å². The molecule has 2 rings (SSSR count). The molecule has 2 aromatic carbocycles. The van der Waals surface area contributed by atoms with Crippen molar-refractivity contribution in [2.24, 2.45) is 0 Å². The number of nitrogens with one attached hydrogen (secondary N) is 1. The van der Waals surface area contributed by atoms with Crippen molar-refractivity contribution in [2.75, 3.05) is 16.8 Å². The van der Waals surface area contributed by atoms with Crippen LogP contribution in [0.4, 0.5) is 31.5 Å². The van der Waals surface area contributed by atoms with Crippen LogP contribution in [0, 0.1) is 11.6 Å². The van der Waals surface area contributed by atoms with Crippen LogP contribution in [0.3, 0.4) is 0 Å². The van der Waals surface area contributed by atoms with Gasteiger partial charge in [0.1, 0.15) is 11.6 Å². The van der Waals surface area contributed by atoms with Gasteiger partial charge in [-0.05, 0) is 30.3 Å². The highest BCUT2D eigenvalue weighted by molar-refractivity contribution is 5.72. The van der Waals surface area contributed by atoms with E-state index in [-0.39, 0.29) is 0 Å². The molecule has 0 spiro atoms. The molecule has 0 atom stereocenters. The summed E-state index contributed by atoms with van der Waals surface area (Å²) in [4.78, 5) is 0. The van der Waals surface area contributed by atoms with Gasteiger partial charge in [-0.3, -0.25) is 0 Å². The topological polar surface area (TPSA) is 64.1 Å². The average Bonchev–Trinajstić information content (AvgIpc) is 2.22. The fraction of sp³-hybridized carbons (Fsp3) is 0. The van der Waals surface area contributed by atoms with Crippen molar-refractivity contribution in [2.45, 2.75) is 0 Å². The molecule has 2 aromatic rings. The summed E-state index contributed by atoms with van der Waals surface area (Å²) in [5, 5.41) is 2.84. The van der Waals surface area contributed by atoms with Crippen LogP contribution >= 0.6 is 0 Å². The van der Waals surface area contributed by atoms with E-state index >= 15 is 0 Å². The van der Waals surface area contributed by atoms with Gasteiger partial charge >= 0.3 is 0 Å². The minimum Gasteiger partial charge on any atom is -0.397 e. The van der Waals surface area contributed by atoms with Gasteiger partial charge in [0.2, 0.25) is 0 Å². The molecule has 0 amide bonds. The zero-order chi connectivity index (χ0) is 12.4. The first-order chi connectivity index (χ1) is 8.04. The molecule has 0 unspecified atom stereocenters. The van der Waals surface area contributed by atoms with Gasteiger partial charge in [-0.1, -0.05) is 0 Å². The fourth-order valence-electron chi connectivity index (χ4n) is 1.45. The van der Waals surface area contributed by atoms with Crippen molar-refractivity contribution >= 4 is 22.7 Å². The second kappa shape index (κ2) is 4.29. The third kappa shape index (κ3) is 2.63. The Morgan fingerprint density at radius 1 is 0.765 bits per heavy atom. The number of anilines is 4. The molecule has 5 N–H and O–H groups in total. The molecule has 0 aromatic heterocycles. The second-order valence-corrected chi connectivity index (χ2v) is 3.63.